The second-order valence-corrected chi connectivity index (χ2v) is 5.48. The minimum Gasteiger partial charge on any atom is -0.354 e. The van der Waals surface area contributed by atoms with Crippen LogP contribution in [0.25, 0.3) is 0 Å². The standard InChI is InChI=1S/C14H19FN2O2S/c1-8(2)7-16-13(18)9(3)17-14(19)10-4-5-11(15)12(20)6-10/h4-6,8-9,20H,7H2,1-3H3,(H,16,18)(H,17,19). The van der Waals surface area contributed by atoms with Gasteiger partial charge in [-0.05, 0) is 31.0 Å². The summed E-state index contributed by atoms with van der Waals surface area (Å²) < 4.78 is 13.1. The molecule has 0 saturated carbocycles. The van der Waals surface area contributed by atoms with Gasteiger partial charge in [-0.2, -0.15) is 0 Å². The van der Waals surface area contributed by atoms with Crippen LogP contribution < -0.4 is 10.6 Å². The zero-order valence-corrected chi connectivity index (χ0v) is 12.6. The fraction of sp³-hybridized carbons (Fsp3) is 0.429. The number of benzene rings is 1. The van der Waals surface area contributed by atoms with Crippen molar-refractivity contribution in [1.29, 1.82) is 0 Å². The maximum Gasteiger partial charge on any atom is 0.251 e. The highest BCUT2D eigenvalue weighted by Crippen LogP contribution is 2.14. The van der Waals surface area contributed by atoms with Crippen LogP contribution in [0.15, 0.2) is 23.1 Å². The summed E-state index contributed by atoms with van der Waals surface area (Å²) >= 11 is 3.92. The monoisotopic (exact) mass is 298 g/mol. The van der Waals surface area contributed by atoms with E-state index in [-0.39, 0.29) is 16.4 Å². The number of thiol groups is 1. The molecular weight excluding hydrogens is 279 g/mol. The molecule has 0 aromatic heterocycles. The molecule has 1 atom stereocenters. The van der Waals surface area contributed by atoms with E-state index in [1.54, 1.807) is 6.92 Å². The molecule has 0 radical (unpaired) electrons. The van der Waals surface area contributed by atoms with Crippen LogP contribution in [0, 0.1) is 11.7 Å². The van der Waals surface area contributed by atoms with Crippen LogP contribution in [0.5, 0.6) is 0 Å². The fourth-order valence-electron chi connectivity index (χ4n) is 1.46. The Morgan fingerprint density at radius 2 is 1.95 bits per heavy atom. The van der Waals surface area contributed by atoms with Gasteiger partial charge in [0.15, 0.2) is 0 Å². The average Bonchev–Trinajstić information content (AvgIpc) is 2.38. The van der Waals surface area contributed by atoms with E-state index >= 15 is 0 Å². The van der Waals surface area contributed by atoms with Gasteiger partial charge < -0.3 is 10.6 Å². The third-order valence-electron chi connectivity index (χ3n) is 2.63. The molecule has 2 amide bonds. The molecule has 20 heavy (non-hydrogen) atoms. The second-order valence-electron chi connectivity index (χ2n) is 5.00. The predicted octanol–water partition coefficient (Wildman–Crippen LogP) is 2.00. The molecule has 0 aliphatic heterocycles. The minimum atomic E-state index is -0.658. The van der Waals surface area contributed by atoms with Gasteiger partial charge in [0.25, 0.3) is 5.91 Å². The largest absolute Gasteiger partial charge is 0.354 e. The number of carbonyl (C=O) groups is 2. The predicted molar refractivity (Wildman–Crippen MR) is 78.4 cm³/mol. The summed E-state index contributed by atoms with van der Waals surface area (Å²) in [5.74, 6) is -0.842. The molecule has 0 bridgehead atoms. The number of nitrogens with one attached hydrogen (secondary N) is 2. The molecule has 0 saturated heterocycles. The van der Waals surface area contributed by atoms with E-state index in [0.717, 1.165) is 0 Å². The lowest BCUT2D eigenvalue weighted by Gasteiger charge is -2.15. The SMILES string of the molecule is CC(C)CNC(=O)C(C)NC(=O)c1ccc(F)c(S)c1. The molecule has 0 heterocycles. The van der Waals surface area contributed by atoms with E-state index in [4.69, 9.17) is 0 Å². The maximum absolute atomic E-state index is 13.1. The lowest BCUT2D eigenvalue weighted by Crippen LogP contribution is -2.45. The molecule has 1 aromatic carbocycles. The van der Waals surface area contributed by atoms with Gasteiger partial charge in [0, 0.05) is 17.0 Å². The van der Waals surface area contributed by atoms with Crippen LogP contribution in [0.2, 0.25) is 0 Å². The molecule has 0 aliphatic carbocycles. The van der Waals surface area contributed by atoms with Crippen molar-refractivity contribution in [1.82, 2.24) is 10.6 Å². The fourth-order valence-corrected chi connectivity index (χ4v) is 1.67. The van der Waals surface area contributed by atoms with Gasteiger partial charge in [0.2, 0.25) is 5.91 Å². The molecule has 6 heteroatoms. The Morgan fingerprint density at radius 1 is 1.30 bits per heavy atom. The van der Waals surface area contributed by atoms with Gasteiger partial charge in [-0.1, -0.05) is 13.8 Å². The van der Waals surface area contributed by atoms with Crippen molar-refractivity contribution in [2.24, 2.45) is 5.92 Å². The number of hydrogen-bond acceptors (Lipinski definition) is 3. The molecular formula is C14H19FN2O2S. The van der Waals surface area contributed by atoms with Gasteiger partial charge in [-0.15, -0.1) is 12.6 Å². The van der Waals surface area contributed by atoms with Crippen molar-refractivity contribution in [3.8, 4) is 0 Å². The van der Waals surface area contributed by atoms with Gasteiger partial charge in [-0.25, -0.2) is 4.39 Å². The van der Waals surface area contributed by atoms with Crippen LogP contribution in [-0.2, 0) is 4.79 Å². The molecule has 4 nitrogen and oxygen atoms in total. The number of amides is 2. The lowest BCUT2D eigenvalue weighted by molar-refractivity contribution is -0.122. The Balaban J connectivity index is 2.60. The lowest BCUT2D eigenvalue weighted by atomic mass is 10.2. The van der Waals surface area contributed by atoms with E-state index in [9.17, 15) is 14.0 Å². The smallest absolute Gasteiger partial charge is 0.251 e. The summed E-state index contributed by atoms with van der Waals surface area (Å²) in [5, 5.41) is 5.29. The van der Waals surface area contributed by atoms with Crippen molar-refractivity contribution in [2.75, 3.05) is 6.54 Å². The highest BCUT2D eigenvalue weighted by molar-refractivity contribution is 7.80. The highest BCUT2D eigenvalue weighted by atomic mass is 32.1. The second kappa shape index (κ2) is 7.28. The van der Waals surface area contributed by atoms with Crippen LogP contribution >= 0.6 is 12.6 Å². The van der Waals surface area contributed by atoms with Crippen LogP contribution in [-0.4, -0.2) is 24.4 Å². The first-order valence-corrected chi connectivity index (χ1v) is 6.83. The minimum absolute atomic E-state index is 0.0922. The third-order valence-corrected chi connectivity index (χ3v) is 2.98. The summed E-state index contributed by atoms with van der Waals surface area (Å²) in [4.78, 5) is 23.7. The Labute approximate surface area is 123 Å². The number of halogens is 1. The molecule has 0 aliphatic rings. The summed E-state index contributed by atoms with van der Waals surface area (Å²) in [6.07, 6.45) is 0. The number of carbonyl (C=O) groups excluding carboxylic acids is 2. The summed E-state index contributed by atoms with van der Waals surface area (Å²) in [7, 11) is 0. The van der Waals surface area contributed by atoms with E-state index in [0.29, 0.717) is 12.5 Å². The van der Waals surface area contributed by atoms with E-state index < -0.39 is 17.8 Å². The third kappa shape index (κ3) is 4.85. The Kier molecular flexibility index (Phi) is 6.01. The molecule has 1 aromatic rings. The van der Waals surface area contributed by atoms with Crippen molar-refractivity contribution in [3.63, 3.8) is 0 Å². The first-order chi connectivity index (χ1) is 9.31. The van der Waals surface area contributed by atoms with Crippen molar-refractivity contribution in [3.05, 3.63) is 29.6 Å². The number of hydrogen-bond donors (Lipinski definition) is 3. The summed E-state index contributed by atoms with van der Waals surface area (Å²) in [6.45, 7) is 6.11. The van der Waals surface area contributed by atoms with Crippen LogP contribution in [0.4, 0.5) is 4.39 Å². The molecule has 1 unspecified atom stereocenters. The van der Waals surface area contributed by atoms with Crippen molar-refractivity contribution in [2.45, 2.75) is 31.7 Å². The highest BCUT2D eigenvalue weighted by Gasteiger charge is 2.17. The Morgan fingerprint density at radius 3 is 2.50 bits per heavy atom. The zero-order chi connectivity index (χ0) is 15.3. The number of rotatable bonds is 5. The zero-order valence-electron chi connectivity index (χ0n) is 11.7. The van der Waals surface area contributed by atoms with Gasteiger partial charge >= 0.3 is 0 Å². The molecule has 1 rings (SSSR count). The van der Waals surface area contributed by atoms with E-state index in [1.807, 2.05) is 13.8 Å². The normalized spacial score (nSPS) is 12.1. The van der Waals surface area contributed by atoms with Gasteiger partial charge in [-0.3, -0.25) is 9.59 Å². The molecule has 0 spiro atoms. The molecule has 2 N–H and O–H groups in total. The topological polar surface area (TPSA) is 58.2 Å². The Bertz CT molecular complexity index is 506. The first-order valence-electron chi connectivity index (χ1n) is 6.38. The van der Waals surface area contributed by atoms with Crippen LogP contribution in [0.3, 0.4) is 0 Å². The maximum atomic E-state index is 13.1. The molecule has 110 valence electrons. The Hall–Kier alpha value is -1.56. The van der Waals surface area contributed by atoms with Crippen molar-refractivity contribution < 1.29 is 14.0 Å². The van der Waals surface area contributed by atoms with E-state index in [1.165, 1.54) is 18.2 Å². The quantitative estimate of drug-likeness (QED) is 0.728. The first kappa shape index (κ1) is 16.5. The summed E-state index contributed by atoms with van der Waals surface area (Å²) in [6, 6.07) is 3.19. The van der Waals surface area contributed by atoms with Crippen molar-refractivity contribution >= 4 is 24.4 Å². The summed E-state index contributed by atoms with van der Waals surface area (Å²) in [5.41, 5.74) is 0.264. The van der Waals surface area contributed by atoms with Gasteiger partial charge in [0.1, 0.15) is 11.9 Å². The van der Waals surface area contributed by atoms with Gasteiger partial charge in [0.05, 0.1) is 0 Å². The average molecular weight is 298 g/mol. The van der Waals surface area contributed by atoms with Crippen LogP contribution in [0.1, 0.15) is 31.1 Å². The molecule has 0 fully saturated rings. The van der Waals surface area contributed by atoms with E-state index in [2.05, 4.69) is 23.3 Å².